The summed E-state index contributed by atoms with van der Waals surface area (Å²) < 4.78 is 0. The van der Waals surface area contributed by atoms with Crippen molar-refractivity contribution >= 4 is 10.8 Å². The van der Waals surface area contributed by atoms with Gasteiger partial charge in [-0.05, 0) is 46.9 Å². The Balaban J connectivity index is 1.73. The second kappa shape index (κ2) is 4.97. The summed E-state index contributed by atoms with van der Waals surface area (Å²) in [5, 5.41) is 12.8. The highest BCUT2D eigenvalue weighted by molar-refractivity contribution is 5.85. The Kier molecular flexibility index (Phi) is 2.97. The van der Waals surface area contributed by atoms with E-state index in [0.717, 1.165) is 27.8 Å². The van der Waals surface area contributed by atoms with E-state index in [1.807, 2.05) is 30.5 Å². The molecule has 1 aliphatic rings. The Morgan fingerprint density at radius 1 is 1.00 bits per heavy atom. The topological polar surface area (TPSA) is 33.1 Å². The van der Waals surface area contributed by atoms with Crippen molar-refractivity contribution in [1.29, 1.82) is 0 Å². The molecule has 1 aromatic heterocycles. The molecule has 4 rings (SSSR count). The molecule has 0 bridgehead atoms. The lowest BCUT2D eigenvalue weighted by Crippen LogP contribution is -2.00. The average Bonchev–Trinajstić information content (AvgIpc) is 3.39. The molecule has 2 nitrogen and oxygen atoms in total. The maximum atomic E-state index is 10.7. The fraction of sp³-hybridized carbons (Fsp3) is 0.211. The molecule has 2 aromatic carbocycles. The molecule has 21 heavy (non-hydrogen) atoms. The number of aliphatic hydroxyl groups is 1. The lowest BCUT2D eigenvalue weighted by molar-refractivity contribution is 0.222. The molecule has 1 atom stereocenters. The lowest BCUT2D eigenvalue weighted by Gasteiger charge is -2.14. The van der Waals surface area contributed by atoms with Crippen molar-refractivity contribution in [1.82, 2.24) is 4.98 Å². The number of aromatic nitrogens is 1. The van der Waals surface area contributed by atoms with Crippen LogP contribution in [-0.2, 0) is 0 Å². The zero-order valence-electron chi connectivity index (χ0n) is 11.7. The molecule has 104 valence electrons. The highest BCUT2D eigenvalue weighted by atomic mass is 16.3. The van der Waals surface area contributed by atoms with E-state index in [9.17, 15) is 5.11 Å². The van der Waals surface area contributed by atoms with Gasteiger partial charge in [0.05, 0.1) is 0 Å². The third-order valence-electron chi connectivity index (χ3n) is 4.31. The molecule has 0 amide bonds. The minimum atomic E-state index is -0.593. The molecular formula is C19H17NO. The van der Waals surface area contributed by atoms with E-state index < -0.39 is 6.10 Å². The van der Waals surface area contributed by atoms with Gasteiger partial charge in [0.25, 0.3) is 0 Å². The molecule has 1 aliphatic carbocycles. The van der Waals surface area contributed by atoms with Gasteiger partial charge in [0.2, 0.25) is 0 Å². The first kappa shape index (κ1) is 12.5. The van der Waals surface area contributed by atoms with Crippen LogP contribution in [0.15, 0.2) is 60.9 Å². The van der Waals surface area contributed by atoms with Crippen molar-refractivity contribution < 1.29 is 5.11 Å². The molecule has 0 saturated heterocycles. The number of rotatable bonds is 3. The van der Waals surface area contributed by atoms with Crippen LogP contribution in [0, 0.1) is 0 Å². The predicted octanol–water partition coefficient (Wildman–Crippen LogP) is 4.19. The molecule has 1 N–H and O–H groups in total. The number of benzene rings is 2. The lowest BCUT2D eigenvalue weighted by atomic mass is 9.96. The second-order valence-electron chi connectivity index (χ2n) is 5.79. The van der Waals surface area contributed by atoms with Crippen molar-refractivity contribution in [3.63, 3.8) is 0 Å². The summed E-state index contributed by atoms with van der Waals surface area (Å²) in [5.74, 6) is 0.750. The predicted molar refractivity (Wildman–Crippen MR) is 84.2 cm³/mol. The van der Waals surface area contributed by atoms with Gasteiger partial charge in [-0.25, -0.2) is 0 Å². The average molecular weight is 275 g/mol. The largest absolute Gasteiger partial charge is 0.384 e. The quantitative estimate of drug-likeness (QED) is 0.777. The minimum absolute atomic E-state index is 0.593. The monoisotopic (exact) mass is 275 g/mol. The van der Waals surface area contributed by atoms with Gasteiger partial charge in [0, 0.05) is 17.8 Å². The number of pyridine rings is 1. The summed E-state index contributed by atoms with van der Waals surface area (Å²) in [6.45, 7) is 0. The summed E-state index contributed by atoms with van der Waals surface area (Å²) in [5.41, 5.74) is 3.28. The fourth-order valence-electron chi connectivity index (χ4n) is 2.93. The van der Waals surface area contributed by atoms with Crippen molar-refractivity contribution in [2.75, 3.05) is 0 Å². The highest BCUT2D eigenvalue weighted by Gasteiger charge is 2.23. The number of nitrogens with zero attached hydrogens (tertiary/aromatic N) is 1. The third-order valence-corrected chi connectivity index (χ3v) is 4.31. The smallest absolute Gasteiger partial charge is 0.105 e. The van der Waals surface area contributed by atoms with E-state index >= 15 is 0 Å². The van der Waals surface area contributed by atoms with Crippen LogP contribution in [0.1, 0.15) is 41.6 Å². The van der Waals surface area contributed by atoms with Gasteiger partial charge < -0.3 is 5.11 Å². The van der Waals surface area contributed by atoms with E-state index in [1.54, 1.807) is 6.20 Å². The van der Waals surface area contributed by atoms with Gasteiger partial charge in [-0.1, -0.05) is 42.5 Å². The van der Waals surface area contributed by atoms with Gasteiger partial charge in [0.15, 0.2) is 0 Å². The van der Waals surface area contributed by atoms with Crippen molar-refractivity contribution in [2.24, 2.45) is 0 Å². The van der Waals surface area contributed by atoms with Crippen LogP contribution >= 0.6 is 0 Å². The van der Waals surface area contributed by atoms with Gasteiger partial charge in [-0.3, -0.25) is 4.98 Å². The zero-order chi connectivity index (χ0) is 14.2. The van der Waals surface area contributed by atoms with Crippen LogP contribution in [0.25, 0.3) is 10.8 Å². The highest BCUT2D eigenvalue weighted by Crippen LogP contribution is 2.40. The van der Waals surface area contributed by atoms with Crippen LogP contribution in [0.5, 0.6) is 0 Å². The van der Waals surface area contributed by atoms with E-state index in [4.69, 9.17) is 0 Å². The Morgan fingerprint density at radius 2 is 1.81 bits per heavy atom. The van der Waals surface area contributed by atoms with Gasteiger partial charge >= 0.3 is 0 Å². The first-order chi connectivity index (χ1) is 10.3. The van der Waals surface area contributed by atoms with E-state index in [0.29, 0.717) is 0 Å². The van der Waals surface area contributed by atoms with Crippen LogP contribution in [0.2, 0.25) is 0 Å². The SMILES string of the molecule is OC(c1ccc(C2CC2)cc1)c1cccc2cnccc12. The maximum absolute atomic E-state index is 10.7. The Labute approximate surface area is 124 Å². The third kappa shape index (κ3) is 2.32. The molecule has 0 aliphatic heterocycles. The van der Waals surface area contributed by atoms with Gasteiger partial charge in [0.1, 0.15) is 6.10 Å². The fourth-order valence-corrected chi connectivity index (χ4v) is 2.93. The van der Waals surface area contributed by atoms with Crippen LogP contribution in [-0.4, -0.2) is 10.1 Å². The molecule has 1 fully saturated rings. The summed E-state index contributed by atoms with van der Waals surface area (Å²) in [7, 11) is 0. The first-order valence-electron chi connectivity index (χ1n) is 7.43. The molecular weight excluding hydrogens is 258 g/mol. The van der Waals surface area contributed by atoms with Gasteiger partial charge in [-0.2, -0.15) is 0 Å². The van der Waals surface area contributed by atoms with Crippen molar-refractivity contribution in [3.05, 3.63) is 77.6 Å². The van der Waals surface area contributed by atoms with Crippen LogP contribution in [0.3, 0.4) is 0 Å². The number of hydrogen-bond acceptors (Lipinski definition) is 2. The van der Waals surface area contributed by atoms with Crippen molar-refractivity contribution in [3.8, 4) is 0 Å². The summed E-state index contributed by atoms with van der Waals surface area (Å²) in [4.78, 5) is 4.14. The number of fused-ring (bicyclic) bond motifs is 1. The van der Waals surface area contributed by atoms with E-state index in [2.05, 4.69) is 29.2 Å². The number of aliphatic hydroxyl groups excluding tert-OH is 1. The number of hydrogen-bond donors (Lipinski definition) is 1. The first-order valence-corrected chi connectivity index (χ1v) is 7.43. The van der Waals surface area contributed by atoms with E-state index in [1.165, 1.54) is 18.4 Å². The van der Waals surface area contributed by atoms with Crippen LogP contribution < -0.4 is 0 Å². The van der Waals surface area contributed by atoms with Crippen LogP contribution in [0.4, 0.5) is 0 Å². The second-order valence-corrected chi connectivity index (χ2v) is 5.79. The summed E-state index contributed by atoms with van der Waals surface area (Å²) >= 11 is 0. The zero-order valence-corrected chi connectivity index (χ0v) is 11.7. The molecule has 1 unspecified atom stereocenters. The Hall–Kier alpha value is -2.19. The minimum Gasteiger partial charge on any atom is -0.384 e. The normalized spacial score (nSPS) is 16.0. The molecule has 1 heterocycles. The molecule has 0 spiro atoms. The molecule has 3 aromatic rings. The summed E-state index contributed by atoms with van der Waals surface area (Å²) in [6.07, 6.45) is 5.62. The van der Waals surface area contributed by atoms with Gasteiger partial charge in [-0.15, -0.1) is 0 Å². The van der Waals surface area contributed by atoms with E-state index in [-0.39, 0.29) is 0 Å². The van der Waals surface area contributed by atoms with Crippen molar-refractivity contribution in [2.45, 2.75) is 24.9 Å². The standard InChI is InChI=1S/C19H17NO/c21-19(15-8-6-14(7-9-15)13-4-5-13)18-3-1-2-16-12-20-11-10-17(16)18/h1-3,6-13,19,21H,4-5H2. The maximum Gasteiger partial charge on any atom is 0.105 e. The Morgan fingerprint density at radius 3 is 2.57 bits per heavy atom. The molecule has 2 heteroatoms. The summed E-state index contributed by atoms with van der Waals surface area (Å²) in [6, 6.07) is 16.4. The Bertz CT molecular complexity index is 770. The molecule has 1 saturated carbocycles. The molecule has 0 radical (unpaired) electrons.